The molecule has 12 heteroatoms. The Hall–Kier alpha value is -2.57. The Kier molecular flexibility index (Phi) is 8.17. The quantitative estimate of drug-likeness (QED) is 0.658. The molecule has 2 aliphatic heterocycles. The molecule has 194 valence electrons. The van der Waals surface area contributed by atoms with Crippen molar-refractivity contribution in [2.75, 3.05) is 32.8 Å². The van der Waals surface area contributed by atoms with E-state index in [2.05, 4.69) is 4.90 Å². The summed E-state index contributed by atoms with van der Waals surface area (Å²) in [6.45, 7) is 7.99. The highest BCUT2D eigenvalue weighted by Gasteiger charge is 2.42. The van der Waals surface area contributed by atoms with E-state index in [9.17, 15) is 21.6 Å². The van der Waals surface area contributed by atoms with Crippen LogP contribution in [-0.2, 0) is 21.4 Å². The van der Waals surface area contributed by atoms with Gasteiger partial charge in [0.2, 0.25) is 10.0 Å². The maximum Gasteiger partial charge on any atom is 0.490 e. The molecule has 35 heavy (non-hydrogen) atoms. The first kappa shape index (κ1) is 27.0. The van der Waals surface area contributed by atoms with Crippen molar-refractivity contribution in [3.8, 4) is 5.75 Å². The zero-order chi connectivity index (χ0) is 25.9. The number of fused-ring (bicyclic) bond motifs is 1. The van der Waals surface area contributed by atoms with Gasteiger partial charge in [-0.05, 0) is 57.1 Å². The molecule has 0 amide bonds. The summed E-state index contributed by atoms with van der Waals surface area (Å²) in [6, 6.07) is 11.0. The SMILES string of the molecule is CCN1CC2(CCN(Cc3ccc(C)o3)CC2)COc2ccccc2S1(=O)=O.O=C(O)C(F)(F)F. The van der Waals surface area contributed by atoms with E-state index >= 15 is 0 Å². The number of sulfonamides is 1. The molecular formula is C23H29F3N2O6S. The summed E-state index contributed by atoms with van der Waals surface area (Å²) >= 11 is 0. The molecule has 0 unspecified atom stereocenters. The molecule has 1 spiro atoms. The summed E-state index contributed by atoms with van der Waals surface area (Å²) in [5.41, 5.74) is -0.161. The number of benzene rings is 1. The fourth-order valence-corrected chi connectivity index (χ4v) is 5.91. The van der Waals surface area contributed by atoms with Gasteiger partial charge in [0.05, 0.1) is 13.2 Å². The minimum atomic E-state index is -5.08. The van der Waals surface area contributed by atoms with E-state index in [1.165, 1.54) is 0 Å². The normalized spacial score (nSPS) is 20.0. The van der Waals surface area contributed by atoms with Gasteiger partial charge in [-0.3, -0.25) is 4.90 Å². The van der Waals surface area contributed by atoms with Crippen LogP contribution >= 0.6 is 0 Å². The van der Waals surface area contributed by atoms with E-state index in [0.717, 1.165) is 44.0 Å². The number of rotatable bonds is 3. The standard InChI is InChI=1S/C21H28N2O4S.C2HF3O2/c1-3-23-15-21(16-26-19-6-4-5-7-20(19)28(23,24)25)10-12-22(13-11-21)14-18-9-8-17(2)27-18;3-2(4,5)1(6)7/h4-9H,3,10-16H2,1-2H3;(H,6,7). The van der Waals surface area contributed by atoms with E-state index < -0.39 is 22.2 Å². The highest BCUT2D eigenvalue weighted by Crippen LogP contribution is 2.39. The Bertz CT molecular complexity index is 1120. The summed E-state index contributed by atoms with van der Waals surface area (Å²) in [6.07, 6.45) is -3.28. The van der Waals surface area contributed by atoms with Gasteiger partial charge in [-0.15, -0.1) is 0 Å². The van der Waals surface area contributed by atoms with Crippen LogP contribution in [0, 0.1) is 12.3 Å². The molecule has 0 atom stereocenters. The van der Waals surface area contributed by atoms with Crippen molar-refractivity contribution in [2.24, 2.45) is 5.41 Å². The van der Waals surface area contributed by atoms with Crippen LogP contribution in [0.5, 0.6) is 5.75 Å². The summed E-state index contributed by atoms with van der Waals surface area (Å²) in [7, 11) is -3.55. The van der Waals surface area contributed by atoms with E-state index in [-0.39, 0.29) is 10.3 Å². The van der Waals surface area contributed by atoms with E-state index in [0.29, 0.717) is 25.4 Å². The third kappa shape index (κ3) is 6.56. The molecule has 0 radical (unpaired) electrons. The fraction of sp³-hybridized carbons (Fsp3) is 0.522. The zero-order valence-corrected chi connectivity index (χ0v) is 20.4. The van der Waals surface area contributed by atoms with Crippen molar-refractivity contribution in [3.05, 3.63) is 47.9 Å². The Morgan fingerprint density at radius 3 is 2.31 bits per heavy atom. The Labute approximate surface area is 202 Å². The van der Waals surface area contributed by atoms with Crippen molar-refractivity contribution < 1.29 is 40.6 Å². The maximum absolute atomic E-state index is 13.2. The van der Waals surface area contributed by atoms with Gasteiger partial charge in [0.1, 0.15) is 22.2 Å². The third-order valence-electron chi connectivity index (χ3n) is 6.20. The number of likely N-dealkylation sites (tertiary alicyclic amines) is 1. The number of aryl methyl sites for hydroxylation is 1. The number of hydrogen-bond donors (Lipinski definition) is 1. The number of nitrogens with zero attached hydrogens (tertiary/aromatic N) is 2. The first-order valence-electron chi connectivity index (χ1n) is 11.2. The first-order chi connectivity index (χ1) is 16.4. The molecule has 1 N–H and O–H groups in total. The molecule has 1 aromatic heterocycles. The topological polar surface area (TPSA) is 100 Å². The number of hydrogen-bond acceptors (Lipinski definition) is 6. The second kappa shape index (κ2) is 10.6. The van der Waals surface area contributed by atoms with Crippen molar-refractivity contribution >= 4 is 16.0 Å². The van der Waals surface area contributed by atoms with Crippen LogP contribution in [0.2, 0.25) is 0 Å². The monoisotopic (exact) mass is 518 g/mol. The van der Waals surface area contributed by atoms with Gasteiger partial charge < -0.3 is 14.3 Å². The molecule has 2 aromatic rings. The largest absolute Gasteiger partial charge is 0.492 e. The van der Waals surface area contributed by atoms with Crippen molar-refractivity contribution in [1.29, 1.82) is 0 Å². The number of para-hydroxylation sites is 1. The number of piperidine rings is 1. The van der Waals surface area contributed by atoms with Gasteiger partial charge in [0, 0.05) is 18.5 Å². The lowest BCUT2D eigenvalue weighted by molar-refractivity contribution is -0.192. The number of alkyl halides is 3. The molecule has 1 saturated heterocycles. The molecule has 1 fully saturated rings. The Balaban J connectivity index is 0.000000429. The molecule has 0 aliphatic carbocycles. The van der Waals surface area contributed by atoms with Crippen molar-refractivity contribution in [1.82, 2.24) is 9.21 Å². The molecule has 1 aromatic carbocycles. The molecular weight excluding hydrogens is 489 g/mol. The minimum Gasteiger partial charge on any atom is -0.492 e. The van der Waals surface area contributed by atoms with Gasteiger partial charge in [-0.1, -0.05) is 19.1 Å². The number of ether oxygens (including phenoxy) is 1. The number of carboxylic acids is 1. The van der Waals surface area contributed by atoms with Crippen LogP contribution in [0.1, 0.15) is 31.3 Å². The molecule has 0 saturated carbocycles. The third-order valence-corrected chi connectivity index (χ3v) is 8.16. The number of carbonyl (C=O) groups is 1. The van der Waals surface area contributed by atoms with E-state index in [1.54, 1.807) is 22.5 Å². The average molecular weight is 519 g/mol. The van der Waals surface area contributed by atoms with Gasteiger partial charge in [0.25, 0.3) is 0 Å². The number of aliphatic carboxylic acids is 1. The number of furan rings is 1. The molecule has 2 aliphatic rings. The molecule has 8 nitrogen and oxygen atoms in total. The fourth-order valence-electron chi connectivity index (χ4n) is 4.22. The Morgan fingerprint density at radius 1 is 1.14 bits per heavy atom. The second-order valence-corrected chi connectivity index (χ2v) is 10.7. The highest BCUT2D eigenvalue weighted by molar-refractivity contribution is 7.89. The molecule has 4 rings (SSSR count). The van der Waals surface area contributed by atoms with Crippen LogP contribution in [0.15, 0.2) is 45.7 Å². The lowest BCUT2D eigenvalue weighted by atomic mass is 9.78. The molecule has 0 bridgehead atoms. The van der Waals surface area contributed by atoms with Crippen LogP contribution in [0.3, 0.4) is 0 Å². The minimum absolute atomic E-state index is 0.161. The summed E-state index contributed by atoms with van der Waals surface area (Å²) in [5.74, 6) is -0.380. The lowest BCUT2D eigenvalue weighted by Gasteiger charge is -2.44. The zero-order valence-electron chi connectivity index (χ0n) is 19.5. The first-order valence-corrected chi connectivity index (χ1v) is 12.6. The van der Waals surface area contributed by atoms with Gasteiger partial charge >= 0.3 is 12.1 Å². The van der Waals surface area contributed by atoms with E-state index in [1.807, 2.05) is 32.0 Å². The van der Waals surface area contributed by atoms with Crippen LogP contribution < -0.4 is 4.74 Å². The lowest BCUT2D eigenvalue weighted by Crippen LogP contribution is -2.51. The van der Waals surface area contributed by atoms with Crippen LogP contribution in [-0.4, -0.2) is 67.7 Å². The smallest absolute Gasteiger partial charge is 0.490 e. The maximum atomic E-state index is 13.2. The van der Waals surface area contributed by atoms with Crippen molar-refractivity contribution in [2.45, 2.75) is 44.3 Å². The number of halogens is 3. The predicted molar refractivity (Wildman–Crippen MR) is 120 cm³/mol. The molecule has 3 heterocycles. The predicted octanol–water partition coefficient (Wildman–Crippen LogP) is 3.91. The van der Waals surface area contributed by atoms with E-state index in [4.69, 9.17) is 19.1 Å². The van der Waals surface area contributed by atoms with Crippen LogP contribution in [0.25, 0.3) is 0 Å². The average Bonchev–Trinajstić information content (AvgIpc) is 3.21. The Morgan fingerprint density at radius 2 is 1.77 bits per heavy atom. The second-order valence-electron chi connectivity index (χ2n) is 8.76. The van der Waals surface area contributed by atoms with Gasteiger partial charge in [0.15, 0.2) is 0 Å². The summed E-state index contributed by atoms with van der Waals surface area (Å²) < 4.78 is 71.5. The summed E-state index contributed by atoms with van der Waals surface area (Å²) in [5, 5.41) is 7.12. The van der Waals surface area contributed by atoms with Crippen LogP contribution in [0.4, 0.5) is 13.2 Å². The number of carboxylic acid groups (broad SMARTS) is 1. The van der Waals surface area contributed by atoms with Crippen molar-refractivity contribution in [3.63, 3.8) is 0 Å². The van der Waals surface area contributed by atoms with Gasteiger partial charge in [-0.2, -0.15) is 17.5 Å². The highest BCUT2D eigenvalue weighted by atomic mass is 32.2. The summed E-state index contributed by atoms with van der Waals surface area (Å²) in [4.78, 5) is 11.5. The van der Waals surface area contributed by atoms with Gasteiger partial charge in [-0.25, -0.2) is 13.2 Å².